The topological polar surface area (TPSA) is 127 Å². The van der Waals surface area contributed by atoms with Gasteiger partial charge >= 0.3 is 5.97 Å². The van der Waals surface area contributed by atoms with Gasteiger partial charge in [-0.2, -0.15) is 0 Å². The Morgan fingerprint density at radius 1 is 1.19 bits per heavy atom. The Morgan fingerprint density at radius 3 is 2.62 bits per heavy atom. The molecule has 0 bridgehead atoms. The highest BCUT2D eigenvalue weighted by atomic mass is 16.5. The fourth-order valence-corrected chi connectivity index (χ4v) is 5.88. The molecule has 1 aliphatic heterocycles. The first-order valence-electron chi connectivity index (χ1n) is 13.2. The summed E-state index contributed by atoms with van der Waals surface area (Å²) in [5.41, 5.74) is 1.49. The van der Waals surface area contributed by atoms with E-state index in [1.54, 1.807) is 11.6 Å². The van der Waals surface area contributed by atoms with Crippen LogP contribution in [0.2, 0.25) is 0 Å². The molecule has 0 radical (unpaired) electrons. The van der Waals surface area contributed by atoms with Crippen LogP contribution in [0.15, 0.2) is 36.4 Å². The second-order valence-corrected chi connectivity index (χ2v) is 10.2. The van der Waals surface area contributed by atoms with Crippen LogP contribution in [0.25, 0.3) is 11.0 Å². The molecule has 1 aliphatic carbocycles. The van der Waals surface area contributed by atoms with E-state index in [0.717, 1.165) is 18.4 Å². The minimum Gasteiger partial charge on any atom is -0.466 e. The summed E-state index contributed by atoms with van der Waals surface area (Å²) < 4.78 is 7.00. The maximum Gasteiger partial charge on any atom is 0.310 e. The molecule has 2 amide bonds. The van der Waals surface area contributed by atoms with E-state index in [1.165, 1.54) is 4.90 Å². The standard InChI is InChI=1S/C27H37N5O5/c1-5-9-17-12-13-18-23(22(17)27(36)37-6-2)26(35)32(21(14-33)16(3)4)24(18)25(34)28-15-31-20-11-8-7-10-19(20)29-30-31/h7-8,10-13,16-18,21-24,33H,5-6,9,14-15H2,1-4H3,(H,28,34)/t17-,18+,21+,22-,23-,24+/m1/s1. The highest BCUT2D eigenvalue weighted by Crippen LogP contribution is 2.46. The lowest BCUT2D eigenvalue weighted by atomic mass is 9.69. The van der Waals surface area contributed by atoms with Crippen LogP contribution in [0.4, 0.5) is 0 Å². The van der Waals surface area contributed by atoms with Gasteiger partial charge in [-0.25, -0.2) is 4.68 Å². The monoisotopic (exact) mass is 511 g/mol. The number of aromatic nitrogens is 3. The van der Waals surface area contributed by atoms with Crippen molar-refractivity contribution in [2.45, 2.75) is 59.3 Å². The first kappa shape index (κ1) is 26.8. The number of hydrogen-bond donors (Lipinski definition) is 2. The zero-order valence-electron chi connectivity index (χ0n) is 21.9. The van der Waals surface area contributed by atoms with Crippen molar-refractivity contribution in [1.82, 2.24) is 25.2 Å². The number of ether oxygens (including phenoxy) is 1. The number of amides is 2. The van der Waals surface area contributed by atoms with Crippen molar-refractivity contribution in [3.8, 4) is 0 Å². The van der Waals surface area contributed by atoms with Crippen molar-refractivity contribution >= 4 is 28.8 Å². The number of hydrogen-bond acceptors (Lipinski definition) is 7. The Bertz CT molecular complexity index is 1160. The molecule has 200 valence electrons. The van der Waals surface area contributed by atoms with E-state index in [-0.39, 0.29) is 43.5 Å². The number of benzene rings is 1. The van der Waals surface area contributed by atoms with Gasteiger partial charge in [0.05, 0.1) is 36.6 Å². The molecule has 2 heterocycles. The average Bonchev–Trinajstić information content (AvgIpc) is 3.42. The molecule has 1 saturated heterocycles. The molecule has 1 aromatic carbocycles. The highest BCUT2D eigenvalue weighted by molar-refractivity contribution is 5.96. The van der Waals surface area contributed by atoms with Gasteiger partial charge in [0.25, 0.3) is 0 Å². The van der Waals surface area contributed by atoms with E-state index in [0.29, 0.717) is 5.52 Å². The molecule has 37 heavy (non-hydrogen) atoms. The summed E-state index contributed by atoms with van der Waals surface area (Å²) in [6, 6.07) is 6.00. The second-order valence-electron chi connectivity index (χ2n) is 10.2. The van der Waals surface area contributed by atoms with E-state index in [9.17, 15) is 19.5 Å². The minimum absolute atomic E-state index is 0.0736. The maximum absolute atomic E-state index is 14.0. The third-order valence-electron chi connectivity index (χ3n) is 7.63. The third kappa shape index (κ3) is 4.99. The molecule has 2 N–H and O–H groups in total. The highest BCUT2D eigenvalue weighted by Gasteiger charge is 2.59. The number of likely N-dealkylation sites (tertiary alicyclic amines) is 1. The number of allylic oxidation sites excluding steroid dienone is 1. The minimum atomic E-state index is -0.873. The lowest BCUT2D eigenvalue weighted by Gasteiger charge is -2.35. The number of fused-ring (bicyclic) bond motifs is 2. The molecule has 4 rings (SSSR count). The molecule has 10 nitrogen and oxygen atoms in total. The lowest BCUT2D eigenvalue weighted by Crippen LogP contribution is -2.54. The maximum atomic E-state index is 14.0. The van der Waals surface area contributed by atoms with Crippen molar-refractivity contribution in [2.75, 3.05) is 13.2 Å². The zero-order chi connectivity index (χ0) is 26.7. The molecule has 1 fully saturated rings. The van der Waals surface area contributed by atoms with Crippen LogP contribution in [0.3, 0.4) is 0 Å². The van der Waals surface area contributed by atoms with E-state index in [2.05, 4.69) is 15.6 Å². The molecule has 2 aliphatic rings. The summed E-state index contributed by atoms with van der Waals surface area (Å²) in [7, 11) is 0. The van der Waals surface area contributed by atoms with Crippen molar-refractivity contribution in [2.24, 2.45) is 29.6 Å². The van der Waals surface area contributed by atoms with Crippen LogP contribution in [0.5, 0.6) is 0 Å². The van der Waals surface area contributed by atoms with Crippen molar-refractivity contribution in [3.63, 3.8) is 0 Å². The van der Waals surface area contributed by atoms with Crippen molar-refractivity contribution in [3.05, 3.63) is 36.4 Å². The predicted molar refractivity (Wildman–Crippen MR) is 137 cm³/mol. The summed E-state index contributed by atoms with van der Waals surface area (Å²) in [5, 5.41) is 21.4. The van der Waals surface area contributed by atoms with Crippen molar-refractivity contribution in [1.29, 1.82) is 0 Å². The Kier molecular flexibility index (Phi) is 8.26. The molecular formula is C27H37N5O5. The second kappa shape index (κ2) is 11.4. The van der Waals surface area contributed by atoms with Crippen LogP contribution < -0.4 is 5.32 Å². The molecule has 2 aromatic rings. The van der Waals surface area contributed by atoms with Gasteiger partial charge in [-0.3, -0.25) is 14.4 Å². The van der Waals surface area contributed by atoms with Crippen LogP contribution in [0.1, 0.15) is 40.5 Å². The Hall–Kier alpha value is -3.27. The Morgan fingerprint density at radius 2 is 1.95 bits per heavy atom. The number of para-hydroxylation sites is 1. The van der Waals surface area contributed by atoms with Gasteiger partial charge in [-0.1, -0.05) is 56.7 Å². The van der Waals surface area contributed by atoms with Gasteiger partial charge in [0.1, 0.15) is 18.2 Å². The molecule has 1 aromatic heterocycles. The quantitative estimate of drug-likeness (QED) is 0.370. The van der Waals surface area contributed by atoms with E-state index < -0.39 is 35.8 Å². The third-order valence-corrected chi connectivity index (χ3v) is 7.63. The zero-order valence-corrected chi connectivity index (χ0v) is 21.9. The van der Waals surface area contributed by atoms with Gasteiger partial charge in [0.2, 0.25) is 11.8 Å². The van der Waals surface area contributed by atoms with Crippen LogP contribution in [0, 0.1) is 29.6 Å². The first-order valence-corrected chi connectivity index (χ1v) is 13.2. The van der Waals surface area contributed by atoms with E-state index in [4.69, 9.17) is 4.74 Å². The molecule has 10 heteroatoms. The Labute approximate surface area is 217 Å². The van der Waals surface area contributed by atoms with Gasteiger partial charge in [0, 0.05) is 5.92 Å². The molecule has 6 atom stereocenters. The summed E-state index contributed by atoms with van der Waals surface area (Å²) in [6.45, 7) is 7.60. The van der Waals surface area contributed by atoms with E-state index >= 15 is 0 Å². The number of carbonyl (C=O) groups excluding carboxylic acids is 3. The summed E-state index contributed by atoms with van der Waals surface area (Å²) >= 11 is 0. The number of esters is 1. The molecule has 0 saturated carbocycles. The lowest BCUT2D eigenvalue weighted by molar-refractivity contribution is -0.156. The number of aliphatic hydroxyl groups excluding tert-OH is 1. The van der Waals surface area contributed by atoms with Gasteiger partial charge < -0.3 is 20.1 Å². The fourth-order valence-electron chi connectivity index (χ4n) is 5.88. The number of nitrogens with zero attached hydrogens (tertiary/aromatic N) is 4. The largest absolute Gasteiger partial charge is 0.466 e. The van der Waals surface area contributed by atoms with Gasteiger partial charge in [-0.15, -0.1) is 5.10 Å². The van der Waals surface area contributed by atoms with Gasteiger partial charge in [0.15, 0.2) is 0 Å². The number of nitrogens with one attached hydrogen (secondary N) is 1. The molecule has 0 spiro atoms. The first-order chi connectivity index (χ1) is 17.8. The normalized spacial score (nSPS) is 25.9. The number of carbonyl (C=O) groups is 3. The van der Waals surface area contributed by atoms with Gasteiger partial charge in [-0.05, 0) is 37.3 Å². The van der Waals surface area contributed by atoms with Crippen LogP contribution in [-0.4, -0.2) is 68.1 Å². The SMILES string of the molecule is CCC[C@@H]1C=C[C@H]2[C@@H](C(=O)N([C@@H](CO)C(C)C)[C@@H]2C(=O)NCn2nnc3ccccc32)[C@@H]1C(=O)OCC. The smallest absolute Gasteiger partial charge is 0.310 e. The van der Waals surface area contributed by atoms with Crippen molar-refractivity contribution < 1.29 is 24.2 Å². The summed E-state index contributed by atoms with van der Waals surface area (Å²) in [5.74, 6) is -3.21. The predicted octanol–water partition coefficient (Wildman–Crippen LogP) is 2.13. The average molecular weight is 512 g/mol. The molecule has 0 unspecified atom stereocenters. The summed E-state index contributed by atoms with van der Waals surface area (Å²) in [6.07, 6.45) is 5.47. The van der Waals surface area contributed by atoms with E-state index in [1.807, 2.05) is 57.2 Å². The fraction of sp³-hybridized carbons (Fsp3) is 0.593. The summed E-state index contributed by atoms with van der Waals surface area (Å²) in [4.78, 5) is 42.4. The van der Waals surface area contributed by atoms with Crippen LogP contribution >= 0.6 is 0 Å². The van der Waals surface area contributed by atoms with Crippen LogP contribution in [-0.2, 0) is 25.8 Å². The molecular weight excluding hydrogens is 474 g/mol. The number of aliphatic hydroxyl groups is 1. The number of rotatable bonds is 10. The Balaban J connectivity index is 1.68.